The van der Waals surface area contributed by atoms with E-state index in [0.29, 0.717) is 19.0 Å². The standard InChI is InChI=1S/C13H13N3O3/c17-13-5-9(10-6-18-11(13)19-10)16-8-4-2-1-3-7(8)14-12(16)15-13/h1-4,9-11,17H,5-6H2,(H,14,15)/t9-,10?,11+,13?/m0/s1. The Labute approximate surface area is 108 Å². The first-order valence-electron chi connectivity index (χ1n) is 6.49. The third kappa shape index (κ3) is 1.14. The maximum absolute atomic E-state index is 10.6. The van der Waals surface area contributed by atoms with Gasteiger partial charge in [-0.3, -0.25) is 0 Å². The zero-order valence-electron chi connectivity index (χ0n) is 10.1. The van der Waals surface area contributed by atoms with Crippen molar-refractivity contribution in [2.75, 3.05) is 11.9 Å². The first kappa shape index (κ1) is 10.2. The quantitative estimate of drug-likeness (QED) is 0.733. The predicted octanol–water partition coefficient (Wildman–Crippen LogP) is 0.837. The molecule has 19 heavy (non-hydrogen) atoms. The molecular formula is C13H13N3O3. The number of para-hydroxylation sites is 2. The number of fused-ring (bicyclic) bond motifs is 10. The van der Waals surface area contributed by atoms with Crippen LogP contribution in [0.3, 0.4) is 0 Å². The molecule has 2 fully saturated rings. The lowest BCUT2D eigenvalue weighted by Crippen LogP contribution is -2.58. The van der Waals surface area contributed by atoms with Crippen molar-refractivity contribution >= 4 is 17.0 Å². The molecule has 0 radical (unpaired) electrons. The van der Waals surface area contributed by atoms with Gasteiger partial charge < -0.3 is 24.5 Å². The number of ether oxygens (including phenoxy) is 2. The molecule has 3 aliphatic heterocycles. The third-order valence-corrected chi connectivity index (χ3v) is 4.31. The molecule has 0 saturated carbocycles. The van der Waals surface area contributed by atoms with E-state index in [1.54, 1.807) is 0 Å². The van der Waals surface area contributed by atoms with Crippen LogP contribution in [0.25, 0.3) is 11.0 Å². The Morgan fingerprint density at radius 2 is 2.32 bits per heavy atom. The van der Waals surface area contributed by atoms with Gasteiger partial charge in [0.05, 0.1) is 23.7 Å². The van der Waals surface area contributed by atoms with Crippen LogP contribution >= 0.6 is 0 Å². The van der Waals surface area contributed by atoms with Crippen molar-refractivity contribution in [1.82, 2.24) is 9.55 Å². The molecule has 4 bridgehead atoms. The van der Waals surface area contributed by atoms with Crippen molar-refractivity contribution in [2.45, 2.75) is 30.6 Å². The highest BCUT2D eigenvalue weighted by Crippen LogP contribution is 2.47. The van der Waals surface area contributed by atoms with Crippen molar-refractivity contribution in [2.24, 2.45) is 0 Å². The molecule has 2 saturated heterocycles. The van der Waals surface area contributed by atoms with Gasteiger partial charge in [0.1, 0.15) is 6.10 Å². The van der Waals surface area contributed by atoms with Crippen LogP contribution in [0, 0.1) is 0 Å². The summed E-state index contributed by atoms with van der Waals surface area (Å²) in [5.41, 5.74) is 0.818. The van der Waals surface area contributed by atoms with E-state index < -0.39 is 12.0 Å². The molecule has 4 atom stereocenters. The second-order valence-corrected chi connectivity index (χ2v) is 5.45. The second-order valence-electron chi connectivity index (χ2n) is 5.45. The summed E-state index contributed by atoms with van der Waals surface area (Å²) in [5, 5.41) is 13.7. The van der Waals surface area contributed by atoms with Gasteiger partial charge in [-0.15, -0.1) is 0 Å². The number of benzene rings is 1. The number of aliphatic hydroxyl groups is 1. The number of hydrogen-bond donors (Lipinski definition) is 2. The van der Waals surface area contributed by atoms with Gasteiger partial charge in [0.15, 0.2) is 5.72 Å². The second kappa shape index (κ2) is 3.09. The summed E-state index contributed by atoms with van der Waals surface area (Å²) in [5.74, 6) is 0.698. The molecule has 2 N–H and O–H groups in total. The highest BCUT2D eigenvalue weighted by Gasteiger charge is 2.57. The Bertz CT molecular complexity index is 685. The highest BCUT2D eigenvalue weighted by molar-refractivity contribution is 5.79. The summed E-state index contributed by atoms with van der Waals surface area (Å²) in [7, 11) is 0. The van der Waals surface area contributed by atoms with E-state index in [4.69, 9.17) is 9.47 Å². The highest BCUT2D eigenvalue weighted by atomic mass is 16.7. The summed E-state index contributed by atoms with van der Waals surface area (Å²) in [4.78, 5) is 4.56. The minimum absolute atomic E-state index is 0.0104. The van der Waals surface area contributed by atoms with E-state index in [2.05, 4.69) is 14.9 Å². The van der Waals surface area contributed by atoms with Crippen molar-refractivity contribution in [3.05, 3.63) is 24.3 Å². The van der Waals surface area contributed by atoms with Crippen molar-refractivity contribution in [3.63, 3.8) is 0 Å². The summed E-state index contributed by atoms with van der Waals surface area (Å²) in [6.07, 6.45) is -0.0265. The molecule has 0 amide bonds. The number of hydrogen-bond acceptors (Lipinski definition) is 5. The lowest BCUT2D eigenvalue weighted by Gasteiger charge is -2.45. The number of imidazole rings is 1. The van der Waals surface area contributed by atoms with Gasteiger partial charge in [0.2, 0.25) is 12.2 Å². The SMILES string of the molecule is OC12C[C@@H](C3CO[C@@H]1O3)n1c(nc3ccccc31)N2. The van der Waals surface area contributed by atoms with Crippen LogP contribution in [0.15, 0.2) is 24.3 Å². The van der Waals surface area contributed by atoms with E-state index in [0.717, 1.165) is 11.0 Å². The molecule has 3 aliphatic rings. The van der Waals surface area contributed by atoms with Crippen molar-refractivity contribution < 1.29 is 14.6 Å². The average Bonchev–Trinajstić information content (AvgIpc) is 2.99. The molecule has 5 rings (SSSR count). The Morgan fingerprint density at radius 3 is 3.26 bits per heavy atom. The van der Waals surface area contributed by atoms with E-state index in [1.807, 2.05) is 24.3 Å². The monoisotopic (exact) mass is 259 g/mol. The van der Waals surface area contributed by atoms with Crippen LogP contribution in [0.2, 0.25) is 0 Å². The normalized spacial score (nSPS) is 39.1. The number of rotatable bonds is 0. The zero-order chi connectivity index (χ0) is 12.6. The molecule has 2 aromatic rings. The fourth-order valence-electron chi connectivity index (χ4n) is 3.45. The largest absolute Gasteiger partial charge is 0.366 e. The van der Waals surface area contributed by atoms with Gasteiger partial charge in [-0.2, -0.15) is 0 Å². The molecule has 0 aliphatic carbocycles. The van der Waals surface area contributed by atoms with Crippen LogP contribution in [0.4, 0.5) is 5.95 Å². The molecule has 0 spiro atoms. The Kier molecular flexibility index (Phi) is 1.66. The van der Waals surface area contributed by atoms with Crippen LogP contribution in [-0.2, 0) is 9.47 Å². The topological polar surface area (TPSA) is 68.5 Å². The average molecular weight is 259 g/mol. The van der Waals surface area contributed by atoms with Gasteiger partial charge >= 0.3 is 0 Å². The first-order valence-corrected chi connectivity index (χ1v) is 6.49. The van der Waals surface area contributed by atoms with Gasteiger partial charge in [-0.1, -0.05) is 12.1 Å². The van der Waals surface area contributed by atoms with E-state index in [-0.39, 0.29) is 12.1 Å². The van der Waals surface area contributed by atoms with Gasteiger partial charge in [-0.05, 0) is 12.1 Å². The van der Waals surface area contributed by atoms with Gasteiger partial charge in [0.25, 0.3) is 0 Å². The number of anilines is 1. The molecular weight excluding hydrogens is 246 g/mol. The molecule has 98 valence electrons. The molecule has 1 aromatic heterocycles. The number of nitrogens with zero attached hydrogens (tertiary/aromatic N) is 2. The van der Waals surface area contributed by atoms with Gasteiger partial charge in [-0.25, -0.2) is 4.98 Å². The smallest absolute Gasteiger partial charge is 0.206 e. The van der Waals surface area contributed by atoms with Gasteiger partial charge in [0, 0.05) is 6.42 Å². The molecule has 6 heteroatoms. The maximum Gasteiger partial charge on any atom is 0.206 e. The van der Waals surface area contributed by atoms with E-state index in [9.17, 15) is 5.11 Å². The van der Waals surface area contributed by atoms with E-state index in [1.165, 1.54) is 0 Å². The molecule has 1 aromatic carbocycles. The molecule has 6 nitrogen and oxygen atoms in total. The number of aromatic nitrogens is 2. The minimum atomic E-state index is -1.17. The fourth-order valence-corrected chi connectivity index (χ4v) is 3.45. The van der Waals surface area contributed by atoms with Crippen LogP contribution in [0.1, 0.15) is 12.5 Å². The lowest BCUT2D eigenvalue weighted by atomic mass is 9.94. The molecule has 4 heterocycles. The Hall–Kier alpha value is -1.63. The Balaban J connectivity index is 1.79. The number of nitrogens with one attached hydrogen (secondary N) is 1. The van der Waals surface area contributed by atoms with Crippen molar-refractivity contribution in [1.29, 1.82) is 0 Å². The lowest BCUT2D eigenvalue weighted by molar-refractivity contribution is -0.214. The maximum atomic E-state index is 10.6. The first-order chi connectivity index (χ1) is 9.24. The van der Waals surface area contributed by atoms with Crippen molar-refractivity contribution in [3.8, 4) is 0 Å². The summed E-state index contributed by atoms with van der Waals surface area (Å²) >= 11 is 0. The fraction of sp³-hybridized carbons (Fsp3) is 0.462. The summed E-state index contributed by atoms with van der Waals surface area (Å²) in [6.45, 7) is 0.519. The zero-order valence-corrected chi connectivity index (χ0v) is 10.1. The van der Waals surface area contributed by atoms with Crippen LogP contribution < -0.4 is 5.32 Å². The summed E-state index contributed by atoms with van der Waals surface area (Å²) in [6, 6.07) is 8.04. The van der Waals surface area contributed by atoms with Crippen LogP contribution in [0.5, 0.6) is 0 Å². The minimum Gasteiger partial charge on any atom is -0.366 e. The third-order valence-electron chi connectivity index (χ3n) is 4.31. The summed E-state index contributed by atoms with van der Waals surface area (Å²) < 4.78 is 13.4. The van der Waals surface area contributed by atoms with E-state index >= 15 is 0 Å². The predicted molar refractivity (Wildman–Crippen MR) is 66.6 cm³/mol. The molecule has 2 unspecified atom stereocenters. The Morgan fingerprint density at radius 1 is 1.42 bits per heavy atom. The van der Waals surface area contributed by atoms with Crippen LogP contribution in [-0.4, -0.2) is 39.4 Å².